The largest absolute Gasteiger partial charge is 0.545 e. The van der Waals surface area contributed by atoms with Crippen LogP contribution in [0.15, 0.2) is 48.6 Å². The van der Waals surface area contributed by atoms with Gasteiger partial charge in [-0.05, 0) is 35.6 Å². The zero-order chi connectivity index (χ0) is 16.8. The molecule has 0 bridgehead atoms. The second-order valence-electron chi connectivity index (χ2n) is 6.20. The number of carboxylic acids is 1. The molecule has 2 aromatic rings. The third-order valence-electron chi connectivity index (χ3n) is 4.92. The summed E-state index contributed by atoms with van der Waals surface area (Å²) in [5.74, 6) is -0.640. The average Bonchev–Trinajstić information content (AvgIpc) is 3.07. The standard InChI is InChI=1S/C19H15Cl2NO2/c20-14-8-9-15(21)18-16(14)12-2-1-3-13(12)17(22-18)10-4-6-11(7-5-10)19(23)24/h1-2,4-9,12-13,17,22H,3H2,(H,23,24)/p-1/t12-,13-,17-/m0/s1. The maximum absolute atomic E-state index is 10.9. The SMILES string of the molecule is O=C([O-])c1ccc([C@@H]2Nc3c(Cl)ccc(Cl)c3[C@H]3C=CC[C@@H]32)cc1. The lowest BCUT2D eigenvalue weighted by atomic mass is 9.77. The van der Waals surface area contributed by atoms with Crippen molar-refractivity contribution in [3.63, 3.8) is 0 Å². The van der Waals surface area contributed by atoms with Crippen LogP contribution >= 0.6 is 23.2 Å². The molecule has 0 fully saturated rings. The summed E-state index contributed by atoms with van der Waals surface area (Å²) < 4.78 is 0. The molecule has 1 N–H and O–H groups in total. The number of carbonyl (C=O) groups excluding carboxylic acids is 1. The predicted octanol–water partition coefficient (Wildman–Crippen LogP) is 4.18. The predicted molar refractivity (Wildman–Crippen MR) is 93.6 cm³/mol. The van der Waals surface area contributed by atoms with E-state index in [1.165, 1.54) is 0 Å². The minimum Gasteiger partial charge on any atom is -0.545 e. The third-order valence-corrected chi connectivity index (χ3v) is 5.57. The molecule has 0 aromatic heterocycles. The molecule has 1 aliphatic carbocycles. The van der Waals surface area contributed by atoms with Gasteiger partial charge in [0.05, 0.1) is 22.7 Å². The molecule has 1 heterocycles. The normalized spacial score (nSPS) is 24.2. The molecule has 0 saturated heterocycles. The fourth-order valence-electron chi connectivity index (χ4n) is 3.79. The van der Waals surface area contributed by atoms with Gasteiger partial charge < -0.3 is 15.2 Å². The van der Waals surface area contributed by atoms with Crippen molar-refractivity contribution in [3.05, 3.63) is 75.3 Å². The van der Waals surface area contributed by atoms with Crippen molar-refractivity contribution in [2.45, 2.75) is 18.4 Å². The summed E-state index contributed by atoms with van der Waals surface area (Å²) in [6.45, 7) is 0. The molecule has 0 spiro atoms. The topological polar surface area (TPSA) is 52.2 Å². The fourth-order valence-corrected chi connectivity index (χ4v) is 4.29. The first kappa shape index (κ1) is 15.6. The number of allylic oxidation sites excluding steroid dienone is 2. The number of hydrogen-bond donors (Lipinski definition) is 1. The van der Waals surface area contributed by atoms with Gasteiger partial charge in [-0.1, -0.05) is 59.6 Å². The van der Waals surface area contributed by atoms with Gasteiger partial charge in [0.1, 0.15) is 0 Å². The lowest BCUT2D eigenvalue weighted by Gasteiger charge is -2.38. The molecule has 0 amide bonds. The first-order chi connectivity index (χ1) is 11.6. The van der Waals surface area contributed by atoms with Gasteiger partial charge in [0.15, 0.2) is 0 Å². The van der Waals surface area contributed by atoms with Gasteiger partial charge in [0, 0.05) is 16.5 Å². The molecule has 3 atom stereocenters. The summed E-state index contributed by atoms with van der Waals surface area (Å²) in [4.78, 5) is 10.9. The van der Waals surface area contributed by atoms with E-state index in [9.17, 15) is 9.90 Å². The Morgan fingerprint density at radius 2 is 1.79 bits per heavy atom. The summed E-state index contributed by atoms with van der Waals surface area (Å²) in [5, 5.41) is 15.8. The molecule has 1 aliphatic heterocycles. The van der Waals surface area contributed by atoms with Crippen molar-refractivity contribution in [3.8, 4) is 0 Å². The monoisotopic (exact) mass is 358 g/mol. The number of hydrogen-bond acceptors (Lipinski definition) is 3. The van der Waals surface area contributed by atoms with Crippen LogP contribution < -0.4 is 10.4 Å². The number of fused-ring (bicyclic) bond motifs is 3. The Morgan fingerprint density at radius 3 is 2.50 bits per heavy atom. The lowest BCUT2D eigenvalue weighted by Crippen LogP contribution is -2.29. The second-order valence-corrected chi connectivity index (χ2v) is 7.02. The minimum absolute atomic E-state index is 0.0456. The molecule has 0 radical (unpaired) electrons. The van der Waals surface area contributed by atoms with E-state index < -0.39 is 5.97 Å². The van der Waals surface area contributed by atoms with E-state index in [0.717, 1.165) is 23.2 Å². The Hall–Kier alpha value is -1.97. The van der Waals surface area contributed by atoms with Gasteiger partial charge in [-0.3, -0.25) is 0 Å². The molecule has 2 aliphatic rings. The Labute approximate surface area is 149 Å². The molecule has 0 saturated carbocycles. The Balaban J connectivity index is 1.78. The van der Waals surface area contributed by atoms with Crippen LogP contribution in [0.4, 0.5) is 5.69 Å². The molecule has 0 unspecified atom stereocenters. The number of halogens is 2. The number of carboxylic acid groups (broad SMARTS) is 1. The van der Waals surface area contributed by atoms with Crippen molar-refractivity contribution in [1.82, 2.24) is 0 Å². The van der Waals surface area contributed by atoms with E-state index in [2.05, 4.69) is 17.5 Å². The highest BCUT2D eigenvalue weighted by Gasteiger charge is 2.39. The molecular formula is C19H14Cl2NO2-. The van der Waals surface area contributed by atoms with E-state index in [-0.39, 0.29) is 17.5 Å². The average molecular weight is 359 g/mol. The van der Waals surface area contributed by atoms with Gasteiger partial charge in [-0.2, -0.15) is 0 Å². The Bertz CT molecular complexity index is 845. The summed E-state index contributed by atoms with van der Waals surface area (Å²) in [6, 6.07) is 10.5. The first-order valence-corrected chi connectivity index (χ1v) is 8.54. The lowest BCUT2D eigenvalue weighted by molar-refractivity contribution is -0.255. The van der Waals surface area contributed by atoms with E-state index in [1.54, 1.807) is 18.2 Å². The Kier molecular flexibility index (Phi) is 3.78. The van der Waals surface area contributed by atoms with Crippen LogP contribution in [0.25, 0.3) is 0 Å². The van der Waals surface area contributed by atoms with Gasteiger partial charge in [0.25, 0.3) is 0 Å². The maximum Gasteiger partial charge on any atom is 0.0715 e. The van der Waals surface area contributed by atoms with Crippen LogP contribution in [-0.4, -0.2) is 5.97 Å². The van der Waals surface area contributed by atoms with E-state index in [0.29, 0.717) is 16.0 Å². The van der Waals surface area contributed by atoms with Crippen molar-refractivity contribution in [2.24, 2.45) is 5.92 Å². The molecule has 24 heavy (non-hydrogen) atoms. The highest BCUT2D eigenvalue weighted by atomic mass is 35.5. The van der Waals surface area contributed by atoms with E-state index >= 15 is 0 Å². The number of anilines is 1. The number of aromatic carboxylic acids is 1. The molecule has 3 nitrogen and oxygen atoms in total. The fraction of sp³-hybridized carbons (Fsp3) is 0.211. The molecule has 122 valence electrons. The summed E-state index contributed by atoms with van der Waals surface area (Å²) >= 11 is 12.8. The molecule has 5 heteroatoms. The Morgan fingerprint density at radius 1 is 1.08 bits per heavy atom. The molecular weight excluding hydrogens is 345 g/mol. The van der Waals surface area contributed by atoms with Gasteiger partial charge in [-0.15, -0.1) is 0 Å². The molecule has 4 rings (SSSR count). The van der Waals surface area contributed by atoms with Gasteiger partial charge in [0.2, 0.25) is 0 Å². The zero-order valence-electron chi connectivity index (χ0n) is 12.6. The van der Waals surface area contributed by atoms with Crippen LogP contribution in [0.2, 0.25) is 10.0 Å². The highest BCUT2D eigenvalue weighted by Crippen LogP contribution is 2.53. The van der Waals surface area contributed by atoms with Crippen LogP contribution in [0, 0.1) is 5.92 Å². The van der Waals surface area contributed by atoms with Crippen LogP contribution in [0.5, 0.6) is 0 Å². The first-order valence-electron chi connectivity index (χ1n) is 7.78. The quantitative estimate of drug-likeness (QED) is 0.819. The van der Waals surface area contributed by atoms with Crippen LogP contribution in [0.3, 0.4) is 0 Å². The number of benzene rings is 2. The van der Waals surface area contributed by atoms with Gasteiger partial charge in [-0.25, -0.2) is 0 Å². The second kappa shape index (κ2) is 5.83. The van der Waals surface area contributed by atoms with Gasteiger partial charge >= 0.3 is 0 Å². The highest BCUT2D eigenvalue weighted by molar-refractivity contribution is 6.36. The minimum atomic E-state index is -1.17. The zero-order valence-corrected chi connectivity index (χ0v) is 14.1. The summed E-state index contributed by atoms with van der Waals surface area (Å²) in [6.07, 6.45) is 5.30. The van der Waals surface area contributed by atoms with Crippen molar-refractivity contribution in [1.29, 1.82) is 0 Å². The number of rotatable bonds is 2. The summed E-state index contributed by atoms with van der Waals surface area (Å²) in [7, 11) is 0. The van der Waals surface area contributed by atoms with Crippen molar-refractivity contribution < 1.29 is 9.90 Å². The maximum atomic E-state index is 10.9. The molecule has 2 aromatic carbocycles. The van der Waals surface area contributed by atoms with E-state index in [1.807, 2.05) is 18.2 Å². The number of carbonyl (C=O) groups is 1. The third kappa shape index (κ3) is 2.40. The van der Waals surface area contributed by atoms with E-state index in [4.69, 9.17) is 23.2 Å². The summed E-state index contributed by atoms with van der Waals surface area (Å²) in [5.41, 5.74) is 3.12. The van der Waals surface area contributed by atoms with Crippen molar-refractivity contribution >= 4 is 34.9 Å². The number of nitrogens with one attached hydrogen (secondary N) is 1. The smallest absolute Gasteiger partial charge is 0.0715 e. The van der Waals surface area contributed by atoms with Crippen LogP contribution in [0.1, 0.15) is 39.9 Å². The van der Waals surface area contributed by atoms with Crippen molar-refractivity contribution in [2.75, 3.05) is 5.32 Å². The van der Waals surface area contributed by atoms with Crippen LogP contribution in [-0.2, 0) is 0 Å².